The average molecular weight is 318 g/mol. The summed E-state index contributed by atoms with van der Waals surface area (Å²) >= 11 is 0. The van der Waals surface area contributed by atoms with E-state index in [-0.39, 0.29) is 6.61 Å². The minimum absolute atomic E-state index is 0.262. The van der Waals surface area contributed by atoms with Crippen molar-refractivity contribution in [1.29, 1.82) is 0 Å². The molecule has 0 bridgehead atoms. The zero-order valence-electron chi connectivity index (χ0n) is 15.1. The van der Waals surface area contributed by atoms with Gasteiger partial charge in [0, 0.05) is 13.2 Å². The van der Waals surface area contributed by atoms with Gasteiger partial charge in [-0.3, -0.25) is 0 Å². The number of benzene rings is 1. The number of aryl methyl sites for hydroxylation is 1. The molecule has 0 aromatic heterocycles. The molecule has 1 aliphatic rings. The van der Waals surface area contributed by atoms with Crippen LogP contribution in [0.1, 0.15) is 56.6 Å². The van der Waals surface area contributed by atoms with Crippen molar-refractivity contribution in [2.24, 2.45) is 17.8 Å². The maximum Gasteiger partial charge on any atom is 0.0474 e. The molecule has 0 radical (unpaired) electrons. The Kier molecular flexibility index (Phi) is 8.11. The number of aliphatic hydroxyl groups excluding tert-OH is 1. The van der Waals surface area contributed by atoms with Gasteiger partial charge in [0.05, 0.1) is 0 Å². The van der Waals surface area contributed by atoms with Gasteiger partial charge in [0.15, 0.2) is 0 Å². The maximum atomic E-state index is 9.63. The third-order valence-corrected chi connectivity index (χ3v) is 5.29. The van der Waals surface area contributed by atoms with Gasteiger partial charge in [-0.15, -0.1) is 0 Å². The summed E-state index contributed by atoms with van der Waals surface area (Å²) in [5.74, 6) is 2.03. The molecule has 1 aromatic carbocycles. The third-order valence-electron chi connectivity index (χ3n) is 5.29. The van der Waals surface area contributed by atoms with Gasteiger partial charge < -0.3 is 10.4 Å². The molecule has 0 aliphatic heterocycles. The fraction of sp³-hybridized carbons (Fsp3) is 0.714. The van der Waals surface area contributed by atoms with Crippen LogP contribution in [-0.4, -0.2) is 24.8 Å². The van der Waals surface area contributed by atoms with E-state index in [0.29, 0.717) is 5.92 Å². The molecule has 2 unspecified atom stereocenters. The van der Waals surface area contributed by atoms with Gasteiger partial charge in [-0.05, 0) is 49.6 Å². The standard InChI is InChI=1S/C21H35NO/c1-17-8-10-20(11-9-17)13-21(16-23)15-22-14-18(2)12-19-6-4-3-5-7-19/h8-11,18-19,21-23H,3-7,12-16H2,1-2H3. The molecule has 23 heavy (non-hydrogen) atoms. The van der Waals surface area contributed by atoms with Crippen LogP contribution < -0.4 is 5.32 Å². The molecule has 2 atom stereocenters. The Bertz CT molecular complexity index is 422. The van der Waals surface area contributed by atoms with Gasteiger partial charge in [0.2, 0.25) is 0 Å². The van der Waals surface area contributed by atoms with Gasteiger partial charge in [0.25, 0.3) is 0 Å². The highest BCUT2D eigenvalue weighted by molar-refractivity contribution is 5.21. The Morgan fingerprint density at radius 2 is 1.78 bits per heavy atom. The second-order valence-corrected chi connectivity index (χ2v) is 7.74. The van der Waals surface area contributed by atoms with Crippen molar-refractivity contribution in [2.45, 2.75) is 58.8 Å². The highest BCUT2D eigenvalue weighted by Gasteiger charge is 2.16. The summed E-state index contributed by atoms with van der Waals surface area (Å²) in [6.07, 6.45) is 9.53. The smallest absolute Gasteiger partial charge is 0.0474 e. The molecule has 1 aliphatic carbocycles. The first-order valence-corrected chi connectivity index (χ1v) is 9.54. The normalized spacial score (nSPS) is 18.7. The van der Waals surface area contributed by atoms with E-state index in [1.54, 1.807) is 0 Å². The Labute approximate surface area is 142 Å². The van der Waals surface area contributed by atoms with E-state index in [9.17, 15) is 5.11 Å². The number of nitrogens with one attached hydrogen (secondary N) is 1. The molecule has 130 valence electrons. The minimum Gasteiger partial charge on any atom is -0.396 e. The van der Waals surface area contributed by atoms with Crippen LogP contribution in [0.4, 0.5) is 0 Å². The molecule has 2 N–H and O–H groups in total. The summed E-state index contributed by atoms with van der Waals surface area (Å²) in [5.41, 5.74) is 2.62. The second kappa shape index (κ2) is 10.1. The highest BCUT2D eigenvalue weighted by atomic mass is 16.3. The van der Waals surface area contributed by atoms with Crippen LogP contribution in [0.5, 0.6) is 0 Å². The quantitative estimate of drug-likeness (QED) is 0.710. The van der Waals surface area contributed by atoms with Crippen LogP contribution in [0.3, 0.4) is 0 Å². The van der Waals surface area contributed by atoms with E-state index >= 15 is 0 Å². The Hall–Kier alpha value is -0.860. The first-order chi connectivity index (χ1) is 11.2. The molecule has 0 saturated heterocycles. The zero-order chi connectivity index (χ0) is 16.5. The predicted molar refractivity (Wildman–Crippen MR) is 98.7 cm³/mol. The minimum atomic E-state index is 0.262. The maximum absolute atomic E-state index is 9.63. The van der Waals surface area contributed by atoms with E-state index < -0.39 is 0 Å². The molecular weight excluding hydrogens is 282 g/mol. The monoisotopic (exact) mass is 317 g/mol. The lowest BCUT2D eigenvalue weighted by Gasteiger charge is -2.25. The number of aliphatic hydroxyl groups is 1. The number of hydrogen-bond donors (Lipinski definition) is 2. The fourth-order valence-electron chi connectivity index (χ4n) is 3.87. The third kappa shape index (κ3) is 7.05. The summed E-state index contributed by atoms with van der Waals surface area (Å²) in [7, 11) is 0. The molecule has 2 rings (SSSR count). The topological polar surface area (TPSA) is 32.3 Å². The Morgan fingerprint density at radius 1 is 1.09 bits per heavy atom. The molecule has 1 fully saturated rings. The summed E-state index contributed by atoms with van der Waals surface area (Å²) < 4.78 is 0. The zero-order valence-corrected chi connectivity index (χ0v) is 15.1. The van der Waals surface area contributed by atoms with Crippen LogP contribution in [0.25, 0.3) is 0 Å². The molecule has 1 saturated carbocycles. The molecular formula is C21H35NO. The van der Waals surface area contributed by atoms with Crippen LogP contribution in [-0.2, 0) is 6.42 Å². The van der Waals surface area contributed by atoms with Crippen molar-refractivity contribution >= 4 is 0 Å². The largest absolute Gasteiger partial charge is 0.396 e. The van der Waals surface area contributed by atoms with Gasteiger partial charge >= 0.3 is 0 Å². The lowest BCUT2D eigenvalue weighted by molar-refractivity contribution is 0.218. The fourth-order valence-corrected chi connectivity index (χ4v) is 3.87. The van der Waals surface area contributed by atoms with Crippen molar-refractivity contribution < 1.29 is 5.11 Å². The number of rotatable bonds is 9. The van der Waals surface area contributed by atoms with Crippen LogP contribution in [0, 0.1) is 24.7 Å². The average Bonchev–Trinajstić information content (AvgIpc) is 2.56. The Morgan fingerprint density at radius 3 is 2.43 bits per heavy atom. The van der Waals surface area contributed by atoms with Crippen LogP contribution in [0.15, 0.2) is 24.3 Å². The van der Waals surface area contributed by atoms with Crippen molar-refractivity contribution in [3.63, 3.8) is 0 Å². The van der Waals surface area contributed by atoms with Crippen molar-refractivity contribution in [3.8, 4) is 0 Å². The summed E-state index contributed by atoms with van der Waals surface area (Å²) in [4.78, 5) is 0. The molecule has 1 aromatic rings. The van der Waals surface area contributed by atoms with E-state index in [1.807, 2.05) is 0 Å². The molecule has 2 heteroatoms. The summed E-state index contributed by atoms with van der Waals surface area (Å²) in [6, 6.07) is 8.68. The van der Waals surface area contributed by atoms with Crippen molar-refractivity contribution in [3.05, 3.63) is 35.4 Å². The molecule has 0 heterocycles. The Balaban J connectivity index is 1.65. The van der Waals surface area contributed by atoms with Gasteiger partial charge in [-0.2, -0.15) is 0 Å². The SMILES string of the molecule is Cc1ccc(CC(CO)CNCC(C)CC2CCCCC2)cc1. The van der Waals surface area contributed by atoms with E-state index in [0.717, 1.165) is 31.3 Å². The first kappa shape index (κ1) is 18.5. The van der Waals surface area contributed by atoms with E-state index in [1.165, 1.54) is 49.7 Å². The first-order valence-electron chi connectivity index (χ1n) is 9.54. The lowest BCUT2D eigenvalue weighted by Crippen LogP contribution is -2.30. The lowest BCUT2D eigenvalue weighted by atomic mass is 9.83. The van der Waals surface area contributed by atoms with Crippen molar-refractivity contribution in [2.75, 3.05) is 19.7 Å². The second-order valence-electron chi connectivity index (χ2n) is 7.74. The van der Waals surface area contributed by atoms with E-state index in [2.05, 4.69) is 43.4 Å². The summed E-state index contributed by atoms with van der Waals surface area (Å²) in [5, 5.41) is 13.2. The van der Waals surface area contributed by atoms with Crippen LogP contribution in [0.2, 0.25) is 0 Å². The van der Waals surface area contributed by atoms with Gasteiger partial charge in [-0.25, -0.2) is 0 Å². The van der Waals surface area contributed by atoms with Crippen molar-refractivity contribution in [1.82, 2.24) is 5.32 Å². The van der Waals surface area contributed by atoms with Gasteiger partial charge in [-0.1, -0.05) is 68.9 Å². The predicted octanol–water partition coefficient (Wildman–Crippen LogP) is 4.34. The molecule has 0 amide bonds. The molecule has 2 nitrogen and oxygen atoms in total. The van der Waals surface area contributed by atoms with Gasteiger partial charge in [0.1, 0.15) is 0 Å². The summed E-state index contributed by atoms with van der Waals surface area (Å²) in [6.45, 7) is 6.75. The van der Waals surface area contributed by atoms with E-state index in [4.69, 9.17) is 0 Å². The highest BCUT2D eigenvalue weighted by Crippen LogP contribution is 2.28. The van der Waals surface area contributed by atoms with Crippen LogP contribution >= 0.6 is 0 Å². The molecule has 0 spiro atoms. The number of hydrogen-bond acceptors (Lipinski definition) is 2.